The first-order chi connectivity index (χ1) is 14.0. The van der Waals surface area contributed by atoms with Crippen LogP contribution in [0.1, 0.15) is 12.2 Å². The standard InChI is InChI=1S/C19H20ClFN4O3S/c1-12-14(6-9-28-12)18-23-24-19(25(18)7-3-8-27-2)29-11-17(26)22-13-4-5-16(21)15(20)10-13/h4-6,9-10H,3,7-8,11H2,1-2H3,(H,22,26). The van der Waals surface area contributed by atoms with Crippen molar-refractivity contribution in [1.82, 2.24) is 14.8 Å². The van der Waals surface area contributed by atoms with Crippen molar-refractivity contribution >= 4 is 35.0 Å². The number of thioether (sulfide) groups is 1. The minimum atomic E-state index is -0.537. The molecule has 0 atom stereocenters. The van der Waals surface area contributed by atoms with E-state index in [2.05, 4.69) is 15.5 Å². The molecule has 29 heavy (non-hydrogen) atoms. The molecule has 1 N–H and O–H groups in total. The highest BCUT2D eigenvalue weighted by Crippen LogP contribution is 2.27. The summed E-state index contributed by atoms with van der Waals surface area (Å²) in [5.41, 5.74) is 1.28. The van der Waals surface area contributed by atoms with Crippen molar-refractivity contribution in [3.8, 4) is 11.4 Å². The molecule has 0 fully saturated rings. The van der Waals surface area contributed by atoms with Gasteiger partial charge in [-0.05, 0) is 37.6 Å². The number of methoxy groups -OCH3 is 1. The Balaban J connectivity index is 1.70. The van der Waals surface area contributed by atoms with Crippen molar-refractivity contribution in [3.63, 3.8) is 0 Å². The van der Waals surface area contributed by atoms with E-state index in [-0.39, 0.29) is 16.7 Å². The Morgan fingerprint density at radius 1 is 1.38 bits per heavy atom. The fraction of sp³-hybridized carbons (Fsp3) is 0.316. The molecule has 1 amide bonds. The monoisotopic (exact) mass is 438 g/mol. The topological polar surface area (TPSA) is 82.2 Å². The van der Waals surface area contributed by atoms with Gasteiger partial charge in [0.1, 0.15) is 11.6 Å². The Morgan fingerprint density at radius 3 is 2.90 bits per heavy atom. The smallest absolute Gasteiger partial charge is 0.234 e. The van der Waals surface area contributed by atoms with E-state index in [4.69, 9.17) is 20.8 Å². The van der Waals surface area contributed by atoms with Gasteiger partial charge in [0.05, 0.1) is 22.6 Å². The van der Waals surface area contributed by atoms with Crippen molar-refractivity contribution in [2.75, 3.05) is 24.8 Å². The van der Waals surface area contributed by atoms with E-state index in [0.29, 0.717) is 29.8 Å². The molecule has 0 saturated heterocycles. The van der Waals surface area contributed by atoms with E-state index in [9.17, 15) is 9.18 Å². The minimum Gasteiger partial charge on any atom is -0.469 e. The van der Waals surface area contributed by atoms with Gasteiger partial charge in [-0.3, -0.25) is 4.79 Å². The third-order valence-electron chi connectivity index (χ3n) is 4.08. The molecule has 0 aliphatic carbocycles. The van der Waals surface area contributed by atoms with Crippen LogP contribution in [0.4, 0.5) is 10.1 Å². The molecule has 0 saturated carbocycles. The highest BCUT2D eigenvalue weighted by Gasteiger charge is 2.18. The summed E-state index contributed by atoms with van der Waals surface area (Å²) < 4.78 is 25.7. The molecule has 0 spiro atoms. The number of carbonyl (C=O) groups excluding carboxylic acids is 1. The number of benzene rings is 1. The second-order valence-corrected chi connectivity index (χ2v) is 7.51. The molecule has 154 valence electrons. The number of amides is 1. The first-order valence-corrected chi connectivity index (χ1v) is 10.2. The number of hydrogen-bond acceptors (Lipinski definition) is 6. The lowest BCUT2D eigenvalue weighted by molar-refractivity contribution is -0.113. The lowest BCUT2D eigenvalue weighted by Crippen LogP contribution is -2.15. The average Bonchev–Trinajstić information content (AvgIpc) is 3.29. The second kappa shape index (κ2) is 9.91. The van der Waals surface area contributed by atoms with Crippen LogP contribution >= 0.6 is 23.4 Å². The molecule has 7 nitrogen and oxygen atoms in total. The zero-order valence-electron chi connectivity index (χ0n) is 15.9. The Kier molecular flexibility index (Phi) is 7.29. The van der Waals surface area contributed by atoms with Gasteiger partial charge < -0.3 is 19.0 Å². The number of anilines is 1. The number of nitrogens with zero attached hydrogens (tertiary/aromatic N) is 3. The number of carbonyl (C=O) groups is 1. The number of nitrogens with one attached hydrogen (secondary N) is 1. The van der Waals surface area contributed by atoms with Crippen LogP contribution < -0.4 is 5.32 Å². The van der Waals surface area contributed by atoms with Crippen LogP contribution in [0.15, 0.2) is 40.1 Å². The van der Waals surface area contributed by atoms with Crippen LogP contribution in [0.3, 0.4) is 0 Å². The van der Waals surface area contributed by atoms with E-state index >= 15 is 0 Å². The molecule has 0 bridgehead atoms. The molecular weight excluding hydrogens is 419 g/mol. The summed E-state index contributed by atoms with van der Waals surface area (Å²) in [6, 6.07) is 5.87. The van der Waals surface area contributed by atoms with Crippen LogP contribution in [0.2, 0.25) is 5.02 Å². The molecule has 2 aromatic heterocycles. The SMILES string of the molecule is COCCCn1c(SCC(=O)Nc2ccc(F)c(Cl)c2)nnc1-c1ccoc1C. The number of aromatic nitrogens is 3. The average molecular weight is 439 g/mol. The first-order valence-electron chi connectivity index (χ1n) is 8.84. The number of furan rings is 1. The van der Waals surface area contributed by atoms with E-state index in [0.717, 1.165) is 17.7 Å². The number of rotatable bonds is 9. The molecule has 0 radical (unpaired) electrons. The highest BCUT2D eigenvalue weighted by atomic mass is 35.5. The molecule has 10 heteroatoms. The summed E-state index contributed by atoms with van der Waals surface area (Å²) in [6.07, 6.45) is 2.37. The number of hydrogen-bond donors (Lipinski definition) is 1. The van der Waals surface area contributed by atoms with Gasteiger partial charge in [0.25, 0.3) is 0 Å². The van der Waals surface area contributed by atoms with Gasteiger partial charge in [0.2, 0.25) is 5.91 Å². The van der Waals surface area contributed by atoms with Gasteiger partial charge in [-0.15, -0.1) is 10.2 Å². The van der Waals surface area contributed by atoms with Crippen molar-refractivity contribution in [2.45, 2.75) is 25.0 Å². The molecule has 3 rings (SSSR count). The molecule has 2 heterocycles. The summed E-state index contributed by atoms with van der Waals surface area (Å²) in [5, 5.41) is 11.8. The molecular formula is C19H20ClFN4O3S. The predicted molar refractivity (Wildman–Crippen MR) is 110 cm³/mol. The van der Waals surface area contributed by atoms with Gasteiger partial charge in [0.15, 0.2) is 11.0 Å². The predicted octanol–water partition coefficient (Wildman–Crippen LogP) is 4.41. The zero-order valence-corrected chi connectivity index (χ0v) is 17.5. The van der Waals surface area contributed by atoms with E-state index in [1.165, 1.54) is 30.0 Å². The Hall–Kier alpha value is -2.36. The maximum Gasteiger partial charge on any atom is 0.234 e. The van der Waals surface area contributed by atoms with Gasteiger partial charge in [-0.1, -0.05) is 23.4 Å². The van der Waals surface area contributed by atoms with E-state index < -0.39 is 5.82 Å². The first kappa shape index (κ1) is 21.4. The Bertz CT molecular complexity index is 992. The van der Waals surface area contributed by atoms with Crippen LogP contribution in [0, 0.1) is 12.7 Å². The summed E-state index contributed by atoms with van der Waals surface area (Å²) in [5.74, 6) is 0.741. The third kappa shape index (κ3) is 5.37. The quantitative estimate of drug-likeness (QED) is 0.393. The van der Waals surface area contributed by atoms with Crippen molar-refractivity contribution < 1.29 is 18.3 Å². The van der Waals surface area contributed by atoms with Gasteiger partial charge >= 0.3 is 0 Å². The van der Waals surface area contributed by atoms with Crippen LogP contribution in [-0.2, 0) is 16.1 Å². The van der Waals surface area contributed by atoms with E-state index in [1.54, 1.807) is 13.4 Å². The largest absolute Gasteiger partial charge is 0.469 e. The summed E-state index contributed by atoms with van der Waals surface area (Å²) in [4.78, 5) is 12.3. The van der Waals surface area contributed by atoms with Crippen molar-refractivity contribution in [1.29, 1.82) is 0 Å². The van der Waals surface area contributed by atoms with Gasteiger partial charge in [0, 0.05) is 25.9 Å². The lowest BCUT2D eigenvalue weighted by Gasteiger charge is -2.10. The maximum absolute atomic E-state index is 13.2. The fourth-order valence-corrected chi connectivity index (χ4v) is 3.63. The zero-order chi connectivity index (χ0) is 20.8. The maximum atomic E-state index is 13.2. The molecule has 0 aliphatic rings. The lowest BCUT2D eigenvalue weighted by atomic mass is 10.2. The molecule has 0 unspecified atom stereocenters. The number of halogens is 2. The van der Waals surface area contributed by atoms with Crippen LogP contribution in [0.25, 0.3) is 11.4 Å². The Morgan fingerprint density at radius 2 is 2.21 bits per heavy atom. The fourth-order valence-electron chi connectivity index (χ4n) is 2.68. The minimum absolute atomic E-state index is 0.0477. The Labute approximate surface area is 176 Å². The molecule has 3 aromatic rings. The van der Waals surface area contributed by atoms with Crippen LogP contribution in [-0.4, -0.2) is 40.1 Å². The van der Waals surface area contributed by atoms with Crippen molar-refractivity contribution in [2.24, 2.45) is 0 Å². The summed E-state index contributed by atoms with van der Waals surface area (Å²) >= 11 is 7.01. The molecule has 1 aromatic carbocycles. The van der Waals surface area contributed by atoms with Gasteiger partial charge in [-0.25, -0.2) is 4.39 Å². The van der Waals surface area contributed by atoms with E-state index in [1.807, 2.05) is 17.6 Å². The second-order valence-electron chi connectivity index (χ2n) is 6.16. The van der Waals surface area contributed by atoms with Crippen LogP contribution in [0.5, 0.6) is 0 Å². The number of ether oxygens (including phenoxy) is 1. The summed E-state index contributed by atoms with van der Waals surface area (Å²) in [6.45, 7) is 3.09. The normalized spacial score (nSPS) is 11.0. The molecule has 0 aliphatic heterocycles. The highest BCUT2D eigenvalue weighted by molar-refractivity contribution is 7.99. The van der Waals surface area contributed by atoms with Crippen molar-refractivity contribution in [3.05, 3.63) is 47.1 Å². The number of aryl methyl sites for hydroxylation is 1. The van der Waals surface area contributed by atoms with Gasteiger partial charge in [-0.2, -0.15) is 0 Å². The third-order valence-corrected chi connectivity index (χ3v) is 5.34. The summed E-state index contributed by atoms with van der Waals surface area (Å²) in [7, 11) is 1.65.